The lowest BCUT2D eigenvalue weighted by atomic mass is 10.0. The Bertz CT molecular complexity index is 303. The number of rotatable bonds is 11. The molecule has 0 saturated heterocycles. The molecule has 0 aliphatic carbocycles. The van der Waals surface area contributed by atoms with Crippen LogP contribution in [0.3, 0.4) is 0 Å². The number of thiophene rings is 1. The maximum Gasteiger partial charge on any atom is 0.0945 e. The molecular weight excluding hydrogens is 258 g/mol. The van der Waals surface area contributed by atoms with Gasteiger partial charge in [-0.1, -0.05) is 33.1 Å². The maximum atomic E-state index is 9.83. The number of hydrogen-bond donors (Lipinski definition) is 2. The standard InChI is InChI=1S/C15H27NO2S/c1-3-5-6-13(4-2)10-18-11-15(17)9-16-14-7-8-19-12-14/h7-8,12-13,15-17H,3-6,9-11H2,1-2H3. The third-order valence-corrected chi connectivity index (χ3v) is 3.95. The summed E-state index contributed by atoms with van der Waals surface area (Å²) in [6.07, 6.45) is 4.46. The van der Waals surface area contributed by atoms with Crippen molar-refractivity contribution in [3.05, 3.63) is 16.8 Å². The summed E-state index contributed by atoms with van der Waals surface area (Å²) in [5, 5.41) is 17.1. The average molecular weight is 285 g/mol. The van der Waals surface area contributed by atoms with Crippen LogP contribution in [0.2, 0.25) is 0 Å². The molecule has 0 fully saturated rings. The van der Waals surface area contributed by atoms with E-state index in [1.165, 1.54) is 19.3 Å². The highest BCUT2D eigenvalue weighted by atomic mass is 32.1. The van der Waals surface area contributed by atoms with Gasteiger partial charge in [0.2, 0.25) is 0 Å². The second kappa shape index (κ2) is 10.2. The molecule has 0 amide bonds. The Kier molecular flexibility index (Phi) is 8.88. The number of anilines is 1. The molecule has 0 aliphatic rings. The topological polar surface area (TPSA) is 41.5 Å². The molecule has 2 N–H and O–H groups in total. The van der Waals surface area contributed by atoms with Crippen LogP contribution in [-0.4, -0.2) is 31.0 Å². The van der Waals surface area contributed by atoms with E-state index in [1.807, 2.05) is 16.8 Å². The van der Waals surface area contributed by atoms with E-state index in [1.54, 1.807) is 11.3 Å². The zero-order valence-corrected chi connectivity index (χ0v) is 12.9. The molecule has 2 atom stereocenters. The zero-order valence-electron chi connectivity index (χ0n) is 12.1. The normalized spacial score (nSPS) is 14.3. The van der Waals surface area contributed by atoms with E-state index in [4.69, 9.17) is 4.74 Å². The summed E-state index contributed by atoms with van der Waals surface area (Å²) in [6.45, 7) is 6.15. The van der Waals surface area contributed by atoms with Crippen LogP contribution < -0.4 is 5.32 Å². The molecular formula is C15H27NO2S. The molecule has 4 heteroatoms. The van der Waals surface area contributed by atoms with Crippen LogP contribution in [0.25, 0.3) is 0 Å². The quantitative estimate of drug-likeness (QED) is 0.650. The Morgan fingerprint density at radius 3 is 2.84 bits per heavy atom. The maximum absolute atomic E-state index is 9.83. The van der Waals surface area contributed by atoms with Gasteiger partial charge in [0.05, 0.1) is 12.7 Å². The highest BCUT2D eigenvalue weighted by molar-refractivity contribution is 7.08. The van der Waals surface area contributed by atoms with E-state index >= 15 is 0 Å². The number of unbranched alkanes of at least 4 members (excludes halogenated alkanes) is 1. The summed E-state index contributed by atoms with van der Waals surface area (Å²) >= 11 is 1.65. The third kappa shape index (κ3) is 7.55. The number of aliphatic hydroxyl groups excluding tert-OH is 1. The zero-order chi connectivity index (χ0) is 13.9. The molecule has 19 heavy (non-hydrogen) atoms. The lowest BCUT2D eigenvalue weighted by molar-refractivity contribution is 0.0245. The van der Waals surface area contributed by atoms with Crippen molar-refractivity contribution >= 4 is 17.0 Å². The summed E-state index contributed by atoms with van der Waals surface area (Å²) in [4.78, 5) is 0. The van der Waals surface area contributed by atoms with Crippen molar-refractivity contribution in [1.82, 2.24) is 0 Å². The Morgan fingerprint density at radius 2 is 2.21 bits per heavy atom. The summed E-state index contributed by atoms with van der Waals surface area (Å²) in [5.41, 5.74) is 1.07. The van der Waals surface area contributed by atoms with Gasteiger partial charge in [-0.15, -0.1) is 0 Å². The second-order valence-corrected chi connectivity index (χ2v) is 5.78. The fourth-order valence-corrected chi connectivity index (χ4v) is 2.54. The summed E-state index contributed by atoms with van der Waals surface area (Å²) in [5.74, 6) is 0.636. The molecule has 0 bridgehead atoms. The Labute approximate surface area is 121 Å². The molecule has 1 aromatic heterocycles. The van der Waals surface area contributed by atoms with Gasteiger partial charge in [-0.25, -0.2) is 0 Å². The van der Waals surface area contributed by atoms with Crippen LogP contribution in [0.5, 0.6) is 0 Å². The average Bonchev–Trinajstić information content (AvgIpc) is 2.93. The van der Waals surface area contributed by atoms with Crippen LogP contribution in [0.1, 0.15) is 39.5 Å². The van der Waals surface area contributed by atoms with Crippen LogP contribution in [0.15, 0.2) is 16.8 Å². The lowest BCUT2D eigenvalue weighted by Gasteiger charge is -2.17. The fraction of sp³-hybridized carbons (Fsp3) is 0.733. The van der Waals surface area contributed by atoms with Gasteiger partial charge in [0.25, 0.3) is 0 Å². The first-order valence-corrected chi connectivity index (χ1v) is 8.22. The predicted molar refractivity (Wildman–Crippen MR) is 82.9 cm³/mol. The SMILES string of the molecule is CCCCC(CC)COCC(O)CNc1ccsc1. The molecule has 0 aromatic carbocycles. The van der Waals surface area contributed by atoms with Gasteiger partial charge < -0.3 is 15.2 Å². The Morgan fingerprint density at radius 1 is 1.37 bits per heavy atom. The van der Waals surface area contributed by atoms with Gasteiger partial charge in [0, 0.05) is 24.2 Å². The minimum absolute atomic E-state index is 0.416. The summed E-state index contributed by atoms with van der Waals surface area (Å²) in [7, 11) is 0. The molecule has 1 heterocycles. The number of ether oxygens (including phenoxy) is 1. The second-order valence-electron chi connectivity index (χ2n) is 5.00. The largest absolute Gasteiger partial charge is 0.389 e. The predicted octanol–water partition coefficient (Wildman–Crippen LogP) is 3.75. The minimum Gasteiger partial charge on any atom is -0.389 e. The van der Waals surface area contributed by atoms with Crippen molar-refractivity contribution in [3.63, 3.8) is 0 Å². The van der Waals surface area contributed by atoms with Gasteiger partial charge in [0.1, 0.15) is 0 Å². The van der Waals surface area contributed by atoms with Gasteiger partial charge in [0.15, 0.2) is 0 Å². The van der Waals surface area contributed by atoms with Crippen molar-refractivity contribution in [1.29, 1.82) is 0 Å². The molecule has 110 valence electrons. The Balaban J connectivity index is 2.06. The summed E-state index contributed by atoms with van der Waals surface area (Å²) in [6, 6.07) is 2.01. The minimum atomic E-state index is -0.441. The molecule has 3 nitrogen and oxygen atoms in total. The molecule has 0 spiro atoms. The monoisotopic (exact) mass is 285 g/mol. The van der Waals surface area contributed by atoms with Crippen molar-refractivity contribution in [2.75, 3.05) is 25.1 Å². The molecule has 0 saturated carbocycles. The van der Waals surface area contributed by atoms with E-state index in [0.717, 1.165) is 18.7 Å². The lowest BCUT2D eigenvalue weighted by Crippen LogP contribution is -2.26. The third-order valence-electron chi connectivity index (χ3n) is 3.27. The molecule has 0 radical (unpaired) electrons. The van der Waals surface area contributed by atoms with Crippen LogP contribution >= 0.6 is 11.3 Å². The molecule has 1 aromatic rings. The van der Waals surface area contributed by atoms with E-state index in [9.17, 15) is 5.11 Å². The van der Waals surface area contributed by atoms with E-state index in [-0.39, 0.29) is 0 Å². The van der Waals surface area contributed by atoms with Gasteiger partial charge in [-0.3, -0.25) is 0 Å². The smallest absolute Gasteiger partial charge is 0.0945 e. The van der Waals surface area contributed by atoms with Crippen LogP contribution in [0, 0.1) is 5.92 Å². The number of aliphatic hydroxyl groups is 1. The highest BCUT2D eigenvalue weighted by Crippen LogP contribution is 2.13. The first-order chi connectivity index (χ1) is 9.26. The number of nitrogens with one attached hydrogen (secondary N) is 1. The van der Waals surface area contributed by atoms with Gasteiger partial charge in [-0.05, 0) is 23.8 Å². The Hall–Kier alpha value is -0.580. The van der Waals surface area contributed by atoms with Gasteiger partial charge in [-0.2, -0.15) is 11.3 Å². The highest BCUT2D eigenvalue weighted by Gasteiger charge is 2.09. The van der Waals surface area contributed by atoms with Crippen molar-refractivity contribution in [2.45, 2.75) is 45.6 Å². The fourth-order valence-electron chi connectivity index (χ4n) is 1.93. The number of hydrogen-bond acceptors (Lipinski definition) is 4. The molecule has 0 aliphatic heterocycles. The van der Waals surface area contributed by atoms with E-state index in [2.05, 4.69) is 19.2 Å². The summed E-state index contributed by atoms with van der Waals surface area (Å²) < 4.78 is 5.63. The van der Waals surface area contributed by atoms with E-state index in [0.29, 0.717) is 19.1 Å². The molecule has 2 unspecified atom stereocenters. The van der Waals surface area contributed by atoms with Crippen molar-refractivity contribution in [2.24, 2.45) is 5.92 Å². The van der Waals surface area contributed by atoms with E-state index < -0.39 is 6.10 Å². The van der Waals surface area contributed by atoms with Crippen LogP contribution in [0.4, 0.5) is 5.69 Å². The first kappa shape index (κ1) is 16.5. The first-order valence-electron chi connectivity index (χ1n) is 7.28. The van der Waals surface area contributed by atoms with Crippen molar-refractivity contribution < 1.29 is 9.84 Å². The molecule has 1 rings (SSSR count). The van der Waals surface area contributed by atoms with Crippen molar-refractivity contribution in [3.8, 4) is 0 Å². The van der Waals surface area contributed by atoms with Crippen LogP contribution in [-0.2, 0) is 4.74 Å². The van der Waals surface area contributed by atoms with Gasteiger partial charge >= 0.3 is 0 Å².